The van der Waals surface area contributed by atoms with E-state index in [0.29, 0.717) is 23.9 Å². The van der Waals surface area contributed by atoms with Crippen LogP contribution in [-0.2, 0) is 16.1 Å². The molecule has 2 heterocycles. The molecule has 4 rings (SSSR count). The number of amides is 1. The number of piperidine rings is 1. The zero-order chi connectivity index (χ0) is 26.4. The van der Waals surface area contributed by atoms with Gasteiger partial charge in [0.25, 0.3) is 5.91 Å². The van der Waals surface area contributed by atoms with Gasteiger partial charge in [-0.05, 0) is 85.2 Å². The van der Waals surface area contributed by atoms with Gasteiger partial charge in [0, 0.05) is 36.0 Å². The summed E-state index contributed by atoms with van der Waals surface area (Å²) in [6, 6.07) is 16.8. The number of ether oxygens (including phenoxy) is 1. The first kappa shape index (κ1) is 26.6. The number of rotatable bonds is 8. The number of allylic oxidation sites excluding steroid dienone is 3. The molecule has 0 atom stereocenters. The largest absolute Gasteiger partial charge is 0.495 e. The Morgan fingerprint density at radius 2 is 1.76 bits per heavy atom. The summed E-state index contributed by atoms with van der Waals surface area (Å²) in [5.41, 5.74) is 5.96. The van der Waals surface area contributed by atoms with Crippen LogP contribution in [0.25, 0.3) is 0 Å². The SMILES string of the molecule is C=C1C=CC(OC)=CN1/C(C(=O)NCc1ccc(N2CCC(c3ccc(Cl)cc3)CC2)cc1)=C(\C)CC. The normalized spacial score (nSPS) is 16.9. The van der Waals surface area contributed by atoms with E-state index >= 15 is 0 Å². The van der Waals surface area contributed by atoms with E-state index < -0.39 is 0 Å². The highest BCUT2D eigenvalue weighted by Crippen LogP contribution is 2.31. The van der Waals surface area contributed by atoms with E-state index in [1.807, 2.05) is 43.0 Å². The van der Waals surface area contributed by atoms with Crippen molar-refractivity contribution in [3.63, 3.8) is 0 Å². The molecule has 37 heavy (non-hydrogen) atoms. The summed E-state index contributed by atoms with van der Waals surface area (Å²) in [6.45, 7) is 10.6. The van der Waals surface area contributed by atoms with Crippen LogP contribution >= 0.6 is 11.6 Å². The molecule has 2 aliphatic rings. The Morgan fingerprint density at radius 3 is 2.38 bits per heavy atom. The van der Waals surface area contributed by atoms with Crippen molar-refractivity contribution in [1.82, 2.24) is 10.2 Å². The average molecular weight is 518 g/mol. The van der Waals surface area contributed by atoms with E-state index in [9.17, 15) is 4.79 Å². The number of anilines is 1. The summed E-state index contributed by atoms with van der Waals surface area (Å²) in [5.74, 6) is 1.13. The van der Waals surface area contributed by atoms with Gasteiger partial charge in [0.2, 0.25) is 0 Å². The molecule has 1 N–H and O–H groups in total. The standard InChI is InChI=1S/C31H36ClN3O2/c1-5-22(2)30(35-21-29(37-4)15-6-23(35)3)31(36)33-20-24-7-13-28(14-8-24)34-18-16-26(17-19-34)25-9-11-27(32)12-10-25/h6-15,21,26H,3,5,16-20H2,1-2,4H3,(H,33,36)/b30-22+. The van der Waals surface area contributed by atoms with Gasteiger partial charge in [-0.15, -0.1) is 0 Å². The zero-order valence-electron chi connectivity index (χ0n) is 22.0. The number of nitrogens with one attached hydrogen (secondary N) is 1. The number of carbonyl (C=O) groups excluding carboxylic acids is 1. The molecule has 0 unspecified atom stereocenters. The van der Waals surface area contributed by atoms with E-state index in [1.165, 1.54) is 11.3 Å². The number of halogens is 1. The second-order valence-corrected chi connectivity index (χ2v) is 10.0. The van der Waals surface area contributed by atoms with Crippen LogP contribution in [-0.4, -0.2) is 31.0 Å². The molecule has 5 nitrogen and oxygen atoms in total. The van der Waals surface area contributed by atoms with Gasteiger partial charge in [-0.25, -0.2) is 0 Å². The number of hydrogen-bond acceptors (Lipinski definition) is 4. The van der Waals surface area contributed by atoms with Crippen LogP contribution in [0.5, 0.6) is 0 Å². The second-order valence-electron chi connectivity index (χ2n) is 9.57. The van der Waals surface area contributed by atoms with Crippen molar-refractivity contribution in [3.8, 4) is 0 Å². The highest BCUT2D eigenvalue weighted by atomic mass is 35.5. The molecule has 0 bridgehead atoms. The van der Waals surface area contributed by atoms with Crippen molar-refractivity contribution < 1.29 is 9.53 Å². The molecule has 1 amide bonds. The number of benzene rings is 2. The third-order valence-electron chi connectivity index (χ3n) is 7.22. The van der Waals surface area contributed by atoms with Crippen LogP contribution in [0, 0.1) is 0 Å². The first-order chi connectivity index (χ1) is 17.9. The maximum atomic E-state index is 13.3. The van der Waals surface area contributed by atoms with Crippen LogP contribution in [0.1, 0.15) is 50.2 Å². The van der Waals surface area contributed by atoms with Gasteiger partial charge < -0.3 is 19.9 Å². The van der Waals surface area contributed by atoms with Crippen molar-refractivity contribution in [2.45, 2.75) is 45.6 Å². The quantitative estimate of drug-likeness (QED) is 0.387. The van der Waals surface area contributed by atoms with Crippen molar-refractivity contribution in [1.29, 1.82) is 0 Å². The summed E-state index contributed by atoms with van der Waals surface area (Å²) < 4.78 is 5.36. The van der Waals surface area contributed by atoms with Crippen LogP contribution in [0.15, 0.2) is 96.2 Å². The fourth-order valence-corrected chi connectivity index (χ4v) is 4.94. The van der Waals surface area contributed by atoms with E-state index in [2.05, 4.69) is 53.2 Å². The maximum absolute atomic E-state index is 13.3. The lowest BCUT2D eigenvalue weighted by Gasteiger charge is -2.34. The van der Waals surface area contributed by atoms with Gasteiger partial charge >= 0.3 is 0 Å². The molecule has 0 radical (unpaired) electrons. The Balaban J connectivity index is 1.35. The minimum atomic E-state index is -0.129. The lowest BCUT2D eigenvalue weighted by atomic mass is 9.89. The van der Waals surface area contributed by atoms with Crippen molar-refractivity contribution >= 4 is 23.2 Å². The van der Waals surface area contributed by atoms with E-state index in [-0.39, 0.29) is 5.91 Å². The summed E-state index contributed by atoms with van der Waals surface area (Å²) in [5, 5.41) is 3.88. The van der Waals surface area contributed by atoms with Crippen LogP contribution in [0.3, 0.4) is 0 Å². The smallest absolute Gasteiger partial charge is 0.268 e. The third kappa shape index (κ3) is 6.47. The fourth-order valence-electron chi connectivity index (χ4n) is 4.81. The van der Waals surface area contributed by atoms with E-state index in [0.717, 1.165) is 54.2 Å². The lowest BCUT2D eigenvalue weighted by Crippen LogP contribution is -2.33. The van der Waals surface area contributed by atoms with Crippen LogP contribution in [0.2, 0.25) is 5.02 Å². The van der Waals surface area contributed by atoms with Gasteiger partial charge in [0.15, 0.2) is 0 Å². The zero-order valence-corrected chi connectivity index (χ0v) is 22.7. The second kappa shape index (κ2) is 12.2. The molecule has 6 heteroatoms. The van der Waals surface area contributed by atoms with Crippen molar-refractivity contribution in [2.24, 2.45) is 0 Å². The molecule has 2 aromatic rings. The Kier molecular flexibility index (Phi) is 8.78. The summed E-state index contributed by atoms with van der Waals surface area (Å²) in [6.07, 6.45) is 8.52. The highest BCUT2D eigenvalue weighted by molar-refractivity contribution is 6.30. The first-order valence-corrected chi connectivity index (χ1v) is 13.3. The van der Waals surface area contributed by atoms with Crippen molar-refractivity contribution in [2.75, 3.05) is 25.1 Å². The molecule has 1 saturated heterocycles. The molecule has 2 aliphatic heterocycles. The van der Waals surface area contributed by atoms with Crippen LogP contribution < -0.4 is 10.2 Å². The topological polar surface area (TPSA) is 44.8 Å². The van der Waals surface area contributed by atoms with Gasteiger partial charge in [0.05, 0.1) is 13.3 Å². The molecule has 2 aromatic carbocycles. The van der Waals surface area contributed by atoms with Gasteiger partial charge in [0.1, 0.15) is 11.5 Å². The number of nitrogens with zero attached hydrogens (tertiary/aromatic N) is 2. The molecule has 0 aromatic heterocycles. The number of methoxy groups -OCH3 is 1. The summed E-state index contributed by atoms with van der Waals surface area (Å²) >= 11 is 6.05. The minimum absolute atomic E-state index is 0.129. The highest BCUT2D eigenvalue weighted by Gasteiger charge is 2.23. The van der Waals surface area contributed by atoms with E-state index in [1.54, 1.807) is 13.3 Å². The molecular weight excluding hydrogens is 482 g/mol. The Morgan fingerprint density at radius 1 is 1.08 bits per heavy atom. The van der Waals surface area contributed by atoms with Gasteiger partial charge in [-0.3, -0.25) is 4.79 Å². The van der Waals surface area contributed by atoms with Gasteiger partial charge in [-0.1, -0.05) is 49.4 Å². The first-order valence-electron chi connectivity index (χ1n) is 12.9. The van der Waals surface area contributed by atoms with Crippen LogP contribution in [0.4, 0.5) is 5.69 Å². The fraction of sp³-hybridized carbons (Fsp3) is 0.323. The lowest BCUT2D eigenvalue weighted by molar-refractivity contribution is -0.118. The predicted molar refractivity (Wildman–Crippen MR) is 152 cm³/mol. The maximum Gasteiger partial charge on any atom is 0.268 e. The van der Waals surface area contributed by atoms with Gasteiger partial charge in [-0.2, -0.15) is 0 Å². The Bertz CT molecular complexity index is 1200. The minimum Gasteiger partial charge on any atom is -0.495 e. The summed E-state index contributed by atoms with van der Waals surface area (Å²) in [4.78, 5) is 17.5. The average Bonchev–Trinajstić information content (AvgIpc) is 2.93. The van der Waals surface area contributed by atoms with Crippen molar-refractivity contribution in [3.05, 3.63) is 112 Å². The molecular formula is C31H36ClN3O2. The van der Waals surface area contributed by atoms with E-state index in [4.69, 9.17) is 16.3 Å². The molecule has 0 saturated carbocycles. The Hall–Kier alpha value is -3.44. The summed E-state index contributed by atoms with van der Waals surface area (Å²) in [7, 11) is 1.62. The third-order valence-corrected chi connectivity index (χ3v) is 7.47. The monoisotopic (exact) mass is 517 g/mol. The molecule has 0 aliphatic carbocycles. The molecule has 0 spiro atoms. The Labute approximate surface area is 225 Å². The predicted octanol–water partition coefficient (Wildman–Crippen LogP) is 6.90. The number of hydrogen-bond donors (Lipinski definition) is 1. The molecule has 1 fully saturated rings. The molecule has 194 valence electrons. The number of carbonyl (C=O) groups is 1.